The highest BCUT2D eigenvalue weighted by molar-refractivity contribution is 5.61. The van der Waals surface area contributed by atoms with Crippen LogP contribution in [0, 0.1) is 5.92 Å². The molecule has 0 heterocycles. The Morgan fingerprint density at radius 3 is 2.27 bits per heavy atom. The van der Waals surface area contributed by atoms with E-state index in [9.17, 15) is 14.4 Å². The average molecular weight is 318 g/mol. The number of ether oxygens (including phenoxy) is 6. The van der Waals surface area contributed by atoms with Crippen LogP contribution in [-0.4, -0.2) is 58.6 Å². The van der Waals surface area contributed by atoms with Gasteiger partial charge in [-0.15, -0.1) is 0 Å². The molecule has 0 spiro atoms. The Hall–Kier alpha value is -2.45. The first kappa shape index (κ1) is 17.6. The minimum absolute atomic E-state index is 0.269. The van der Waals surface area contributed by atoms with Gasteiger partial charge in [-0.05, 0) is 12.5 Å². The molecule has 9 nitrogen and oxygen atoms in total. The molecule has 0 radical (unpaired) electrons. The molecule has 3 atom stereocenters. The van der Waals surface area contributed by atoms with Crippen LogP contribution in [0.25, 0.3) is 0 Å². The second-order valence-corrected chi connectivity index (χ2v) is 4.24. The lowest BCUT2D eigenvalue weighted by molar-refractivity contribution is -0.0530. The van der Waals surface area contributed by atoms with Crippen molar-refractivity contribution in [3.05, 3.63) is 12.2 Å². The van der Waals surface area contributed by atoms with Gasteiger partial charge in [0.2, 0.25) is 0 Å². The highest BCUT2D eigenvalue weighted by Gasteiger charge is 2.37. The van der Waals surface area contributed by atoms with Crippen molar-refractivity contribution in [3.8, 4) is 0 Å². The molecule has 0 saturated carbocycles. The van der Waals surface area contributed by atoms with Crippen LogP contribution in [0.3, 0.4) is 0 Å². The van der Waals surface area contributed by atoms with Crippen molar-refractivity contribution in [2.45, 2.75) is 18.6 Å². The van der Waals surface area contributed by atoms with Gasteiger partial charge in [0, 0.05) is 5.92 Å². The Morgan fingerprint density at radius 2 is 1.68 bits per heavy atom. The summed E-state index contributed by atoms with van der Waals surface area (Å²) >= 11 is 0. The van der Waals surface area contributed by atoms with Crippen molar-refractivity contribution in [1.29, 1.82) is 0 Å². The first-order valence-electron chi connectivity index (χ1n) is 6.38. The van der Waals surface area contributed by atoms with Gasteiger partial charge in [-0.3, -0.25) is 0 Å². The fraction of sp³-hybridized carbons (Fsp3) is 0.615. The quantitative estimate of drug-likeness (QED) is 0.424. The van der Waals surface area contributed by atoms with E-state index in [1.54, 1.807) is 12.2 Å². The standard InChI is InChI=1S/C13H18O9/c1-17-11(14)20-7-10(22-13(16)19-3)8-5-4-6-9(8)21-12(15)18-2/h4,6,8-10H,5,7H2,1-3H3/t8-,9+,10-/m1/s1. The molecular weight excluding hydrogens is 300 g/mol. The summed E-state index contributed by atoms with van der Waals surface area (Å²) in [4.78, 5) is 33.6. The molecule has 1 aliphatic carbocycles. The lowest BCUT2D eigenvalue weighted by atomic mass is 9.98. The Labute approximate surface area is 127 Å². The van der Waals surface area contributed by atoms with Crippen LogP contribution >= 0.6 is 0 Å². The van der Waals surface area contributed by atoms with E-state index in [4.69, 9.17) is 14.2 Å². The van der Waals surface area contributed by atoms with E-state index in [2.05, 4.69) is 14.2 Å². The normalized spacial score (nSPS) is 20.7. The van der Waals surface area contributed by atoms with Crippen molar-refractivity contribution >= 4 is 18.5 Å². The van der Waals surface area contributed by atoms with Crippen molar-refractivity contribution in [3.63, 3.8) is 0 Å². The first-order chi connectivity index (χ1) is 10.5. The van der Waals surface area contributed by atoms with E-state index in [-0.39, 0.29) is 6.61 Å². The summed E-state index contributed by atoms with van der Waals surface area (Å²) in [6, 6.07) is 0. The summed E-state index contributed by atoms with van der Waals surface area (Å²) in [6.45, 7) is -0.269. The predicted molar refractivity (Wildman–Crippen MR) is 70.2 cm³/mol. The lowest BCUT2D eigenvalue weighted by Gasteiger charge is -2.26. The van der Waals surface area contributed by atoms with Crippen LogP contribution in [0.2, 0.25) is 0 Å². The fourth-order valence-corrected chi connectivity index (χ4v) is 1.92. The Balaban J connectivity index is 2.72. The Bertz CT molecular complexity index is 431. The van der Waals surface area contributed by atoms with Crippen LogP contribution in [0.15, 0.2) is 12.2 Å². The molecule has 22 heavy (non-hydrogen) atoms. The average Bonchev–Trinajstić information content (AvgIpc) is 2.98. The summed E-state index contributed by atoms with van der Waals surface area (Å²) in [7, 11) is 3.48. The van der Waals surface area contributed by atoms with E-state index in [0.717, 1.165) is 14.2 Å². The number of hydrogen-bond acceptors (Lipinski definition) is 9. The summed E-state index contributed by atoms with van der Waals surface area (Å²) in [5, 5.41) is 0. The van der Waals surface area contributed by atoms with Crippen LogP contribution in [0.4, 0.5) is 14.4 Å². The molecule has 0 amide bonds. The molecule has 0 saturated heterocycles. The summed E-state index contributed by atoms with van der Waals surface area (Å²) < 4.78 is 28.1. The van der Waals surface area contributed by atoms with Crippen molar-refractivity contribution in [1.82, 2.24) is 0 Å². The number of methoxy groups -OCH3 is 3. The van der Waals surface area contributed by atoms with Gasteiger partial charge < -0.3 is 28.4 Å². The van der Waals surface area contributed by atoms with Crippen molar-refractivity contribution < 1.29 is 42.8 Å². The third kappa shape index (κ3) is 5.15. The summed E-state index contributed by atoms with van der Waals surface area (Å²) in [5.74, 6) is -0.442. The molecule has 1 rings (SSSR count). The molecule has 0 aromatic heterocycles. The molecule has 0 fully saturated rings. The van der Waals surface area contributed by atoms with Gasteiger partial charge in [0.1, 0.15) is 18.8 Å². The zero-order chi connectivity index (χ0) is 16.5. The first-order valence-corrected chi connectivity index (χ1v) is 6.38. The zero-order valence-corrected chi connectivity index (χ0v) is 12.5. The highest BCUT2D eigenvalue weighted by Crippen LogP contribution is 2.28. The van der Waals surface area contributed by atoms with Gasteiger partial charge in [-0.1, -0.05) is 6.08 Å². The van der Waals surface area contributed by atoms with E-state index in [1.807, 2.05) is 0 Å². The Morgan fingerprint density at radius 1 is 1.05 bits per heavy atom. The lowest BCUT2D eigenvalue weighted by Crippen LogP contribution is -2.38. The largest absolute Gasteiger partial charge is 0.508 e. The summed E-state index contributed by atoms with van der Waals surface area (Å²) in [6.07, 6.45) is -0.450. The minimum Gasteiger partial charge on any atom is -0.438 e. The second-order valence-electron chi connectivity index (χ2n) is 4.24. The third-order valence-corrected chi connectivity index (χ3v) is 2.98. The number of hydrogen-bond donors (Lipinski definition) is 0. The maximum Gasteiger partial charge on any atom is 0.508 e. The number of carbonyl (C=O) groups is 3. The summed E-state index contributed by atoms with van der Waals surface area (Å²) in [5.41, 5.74) is 0. The van der Waals surface area contributed by atoms with Crippen LogP contribution in [0.1, 0.15) is 6.42 Å². The van der Waals surface area contributed by atoms with Crippen molar-refractivity contribution in [2.75, 3.05) is 27.9 Å². The highest BCUT2D eigenvalue weighted by atomic mass is 16.8. The maximum absolute atomic E-state index is 11.3. The van der Waals surface area contributed by atoms with Gasteiger partial charge in [-0.25, -0.2) is 14.4 Å². The van der Waals surface area contributed by atoms with Crippen molar-refractivity contribution in [2.24, 2.45) is 5.92 Å². The Kier molecular flexibility index (Phi) is 7.00. The van der Waals surface area contributed by atoms with Gasteiger partial charge in [-0.2, -0.15) is 0 Å². The SMILES string of the molecule is COC(=O)OC[C@@H](OC(=O)OC)[C@@H]1CC=C[C@@H]1OC(=O)OC. The molecular formula is C13H18O9. The van der Waals surface area contributed by atoms with E-state index < -0.39 is 36.6 Å². The molecule has 0 aromatic carbocycles. The molecule has 0 aliphatic heterocycles. The topological polar surface area (TPSA) is 107 Å². The number of carbonyl (C=O) groups excluding carboxylic acids is 3. The number of allylic oxidation sites excluding steroid dienone is 1. The van der Waals surface area contributed by atoms with E-state index in [0.29, 0.717) is 6.42 Å². The molecule has 0 unspecified atom stereocenters. The maximum atomic E-state index is 11.3. The smallest absolute Gasteiger partial charge is 0.438 e. The van der Waals surface area contributed by atoms with Gasteiger partial charge in [0.05, 0.1) is 21.3 Å². The molecule has 0 bridgehead atoms. The van der Waals surface area contributed by atoms with E-state index >= 15 is 0 Å². The van der Waals surface area contributed by atoms with Crippen LogP contribution < -0.4 is 0 Å². The van der Waals surface area contributed by atoms with E-state index in [1.165, 1.54) is 7.11 Å². The van der Waals surface area contributed by atoms with Gasteiger partial charge in [0.15, 0.2) is 0 Å². The molecule has 0 N–H and O–H groups in total. The molecule has 1 aliphatic rings. The number of rotatable bonds is 5. The second kappa shape index (κ2) is 8.75. The predicted octanol–water partition coefficient (Wildman–Crippen LogP) is 1.65. The molecule has 124 valence electrons. The van der Waals surface area contributed by atoms with Gasteiger partial charge in [0.25, 0.3) is 0 Å². The third-order valence-electron chi connectivity index (χ3n) is 2.98. The minimum atomic E-state index is -0.942. The monoisotopic (exact) mass is 318 g/mol. The van der Waals surface area contributed by atoms with Crippen LogP contribution in [0.5, 0.6) is 0 Å². The fourth-order valence-electron chi connectivity index (χ4n) is 1.92. The van der Waals surface area contributed by atoms with Gasteiger partial charge >= 0.3 is 18.5 Å². The zero-order valence-electron chi connectivity index (χ0n) is 12.5. The molecule has 0 aromatic rings. The van der Waals surface area contributed by atoms with Crippen LogP contribution in [-0.2, 0) is 28.4 Å². The molecule has 9 heteroatoms.